The van der Waals surface area contributed by atoms with E-state index in [4.69, 9.17) is 2.97 Å². The molecule has 0 fully saturated rings. The highest BCUT2D eigenvalue weighted by atomic mass is 32.3. The Hall–Kier alpha value is -4.93. The van der Waals surface area contributed by atoms with Crippen molar-refractivity contribution in [1.29, 1.82) is 0 Å². The zero-order chi connectivity index (χ0) is 51.8. The predicted octanol–water partition coefficient (Wildman–Crippen LogP) is 10.6. The van der Waals surface area contributed by atoms with Gasteiger partial charge in [0.1, 0.15) is 5.76 Å². The fraction of sp³-hybridized carbons (Fsp3) is 0.342. The second kappa shape index (κ2) is 20.9. The van der Waals surface area contributed by atoms with Gasteiger partial charge >= 0.3 is 62.5 Å². The van der Waals surface area contributed by atoms with Crippen LogP contribution < -0.4 is 4.18 Å². The number of carbonyl (C=O) groups is 1. The predicted molar refractivity (Wildman–Crippen MR) is 216 cm³/mol. The first-order chi connectivity index (χ1) is 30.4. The molecule has 66 heavy (non-hydrogen) atoms. The molecule has 0 radical (unpaired) electrons. The van der Waals surface area contributed by atoms with Crippen LogP contribution in [0.4, 0.5) is 52.7 Å². The van der Waals surface area contributed by atoms with E-state index in [1.165, 1.54) is 29.3 Å². The average molecular weight is 1040 g/mol. The number of carbonyl (C=O) groups excluding carboxylic acids is 1. The topological polar surface area (TPSA) is 181 Å². The molecule has 0 spiro atoms. The van der Waals surface area contributed by atoms with Gasteiger partial charge in [-0.25, -0.2) is 0 Å². The van der Waals surface area contributed by atoms with Gasteiger partial charge in [0, 0.05) is 25.9 Å². The fourth-order valence-corrected chi connectivity index (χ4v) is 7.91. The second-order valence-corrected chi connectivity index (χ2v) is 19.9. The minimum Gasteiger partial charge on any atom is -0.376 e. The fourth-order valence-electron chi connectivity index (χ4n) is 5.38. The standard InChI is InChI=1S/C12H11F3O3S.C12H9F3O3S.C11H12O.C2F6O5S2.CH4.H2/c2*1-8-5-6-9-3-2-4-11(10(9)7-8)18-19(16,17)12(13,14)15;1-8-5-6-9-3-2-4-11(12)10(9)7-8;3-1(4,5)14(9,10)13-15(11,12)2(6,7)8;;/h4-7H,2-3H2,1H3;2-7H,1H3;5-7H,2-4H2,1H3;;1H4;1H/i;;;;;1+1D. The Bertz CT molecular complexity index is 2860. The van der Waals surface area contributed by atoms with Crippen molar-refractivity contribution >= 4 is 62.8 Å². The van der Waals surface area contributed by atoms with Crippen molar-refractivity contribution in [2.45, 2.75) is 82.3 Å². The number of aryl methyl sites for hydroxylation is 5. The summed E-state index contributed by atoms with van der Waals surface area (Å²) in [5.41, 5.74) is -17.2. The Labute approximate surface area is 373 Å². The molecule has 28 heteroatoms. The zero-order valence-corrected chi connectivity index (χ0v) is 36.4. The van der Waals surface area contributed by atoms with Crippen molar-refractivity contribution in [3.8, 4) is 5.75 Å². The highest BCUT2D eigenvalue weighted by Crippen LogP contribution is 2.36. The molecule has 0 amide bonds. The first-order valence-corrected chi connectivity index (χ1v) is 23.3. The van der Waals surface area contributed by atoms with E-state index in [1.54, 1.807) is 50.2 Å². The Kier molecular flexibility index (Phi) is 17.6. The van der Waals surface area contributed by atoms with E-state index in [1.807, 2.05) is 22.7 Å². The van der Waals surface area contributed by atoms with Crippen LogP contribution in [0.3, 0.4) is 0 Å². The molecule has 0 aromatic heterocycles. The second-order valence-electron chi connectivity index (χ2n) is 13.5. The summed E-state index contributed by atoms with van der Waals surface area (Å²) in [6.07, 6.45) is 5.28. The van der Waals surface area contributed by atoms with Crippen molar-refractivity contribution in [1.82, 2.24) is 0 Å². The Morgan fingerprint density at radius 2 is 0.970 bits per heavy atom. The maximum absolute atomic E-state index is 12.3. The Balaban J connectivity index is 0.000000451. The number of benzene rings is 4. The monoisotopic (exact) mass is 1040 g/mol. The van der Waals surface area contributed by atoms with Crippen molar-refractivity contribution in [3.05, 3.63) is 118 Å². The molecule has 370 valence electrons. The normalized spacial score (nSPS) is 14.7. The van der Waals surface area contributed by atoms with E-state index in [9.17, 15) is 91.2 Å². The molecule has 4 aromatic carbocycles. The van der Waals surface area contributed by atoms with Gasteiger partial charge in [-0.2, -0.15) is 86.4 Å². The van der Waals surface area contributed by atoms with Crippen molar-refractivity contribution in [3.63, 3.8) is 0 Å². The lowest BCUT2D eigenvalue weighted by atomic mass is 9.90. The van der Waals surface area contributed by atoms with Crippen LogP contribution in [-0.4, -0.2) is 61.5 Å². The Morgan fingerprint density at radius 3 is 1.47 bits per heavy atom. The summed E-state index contributed by atoms with van der Waals surface area (Å²) in [6.45, 7) is 5.54. The molecule has 12 nitrogen and oxygen atoms in total. The molecule has 0 N–H and O–H groups in total. The minimum atomic E-state index is -6.85. The van der Waals surface area contributed by atoms with Gasteiger partial charge in [-0.3, -0.25) is 4.79 Å². The third-order valence-corrected chi connectivity index (χ3v) is 12.9. The number of halogens is 12. The number of ketones is 1. The summed E-state index contributed by atoms with van der Waals surface area (Å²) in [4.78, 5) is 11.4. The van der Waals surface area contributed by atoms with E-state index in [2.05, 4.69) is 20.5 Å². The van der Waals surface area contributed by atoms with Gasteiger partial charge in [0.2, 0.25) is 0 Å². The lowest BCUT2D eigenvalue weighted by Crippen LogP contribution is -2.34. The molecule has 2 aliphatic carbocycles. The molecule has 0 saturated carbocycles. The molecular weight excluding hydrogens is 1000 g/mol. The maximum Gasteiger partial charge on any atom is 0.534 e. The number of rotatable bonds is 6. The highest BCUT2D eigenvalue weighted by molar-refractivity contribution is 8.00. The van der Waals surface area contributed by atoms with Crippen LogP contribution >= 0.6 is 0 Å². The smallest absolute Gasteiger partial charge is 0.376 e. The van der Waals surface area contributed by atoms with Gasteiger partial charge in [-0.1, -0.05) is 72.6 Å². The van der Waals surface area contributed by atoms with E-state index < -0.39 is 62.5 Å². The summed E-state index contributed by atoms with van der Waals surface area (Å²) in [7, 11) is -25.0. The minimum absolute atomic E-state index is 0. The molecule has 0 saturated heterocycles. The van der Waals surface area contributed by atoms with Gasteiger partial charge in [-0.15, -0.1) is 3.63 Å². The highest BCUT2D eigenvalue weighted by Gasteiger charge is 2.57. The molecule has 0 bridgehead atoms. The summed E-state index contributed by atoms with van der Waals surface area (Å²) >= 11 is 0. The average Bonchev–Trinajstić information content (AvgIpc) is 3.18. The lowest BCUT2D eigenvalue weighted by molar-refractivity contribution is -0.0586. The van der Waals surface area contributed by atoms with Gasteiger partial charge in [-0.05, 0) is 93.3 Å². The Morgan fingerprint density at radius 1 is 0.530 bits per heavy atom. The first-order valence-electron chi connectivity index (χ1n) is 18.7. The first kappa shape index (κ1) is 55.4. The molecule has 0 aliphatic heterocycles. The molecular formula is C38H38F12O12S4. The van der Waals surface area contributed by atoms with E-state index in [-0.39, 0.29) is 18.9 Å². The molecule has 0 unspecified atom stereocenters. The lowest BCUT2D eigenvalue weighted by Gasteiger charge is -2.19. The van der Waals surface area contributed by atoms with Crippen molar-refractivity contribution < 1.29 is 106 Å². The summed E-state index contributed by atoms with van der Waals surface area (Å²) in [5, 5.41) is 0.913. The number of fused-ring (bicyclic) bond motifs is 3. The van der Waals surface area contributed by atoms with Gasteiger partial charge < -0.3 is 8.37 Å². The number of hydrogen-bond acceptors (Lipinski definition) is 12. The van der Waals surface area contributed by atoms with Gasteiger partial charge in [0.25, 0.3) is 0 Å². The largest absolute Gasteiger partial charge is 0.534 e. The van der Waals surface area contributed by atoms with Gasteiger partial charge in [0.15, 0.2) is 11.5 Å². The van der Waals surface area contributed by atoms with Crippen LogP contribution in [0.25, 0.3) is 16.5 Å². The maximum atomic E-state index is 12.3. The summed E-state index contributed by atoms with van der Waals surface area (Å²) < 4.78 is 246. The van der Waals surface area contributed by atoms with Crippen LogP contribution in [0.15, 0.2) is 78.9 Å². The SMILES string of the molecule is C.Cc1ccc2c(c1)C(=O)CCC2.Cc1ccc2c(c1)C(OS(=O)(=O)C(F)(F)F)=CCC2.Cc1ccc2cccc(OS(=O)(=O)C(F)(F)F)c2c1.O=S(=O)(OS(=O)(=O)C(F)(F)F)C(F)(F)F.[2H][2H]. The third-order valence-electron chi connectivity index (χ3n) is 8.40. The van der Waals surface area contributed by atoms with Crippen LogP contribution in [-0.2, 0) is 61.1 Å². The number of hydrogen-bond donors (Lipinski definition) is 0. The van der Waals surface area contributed by atoms with Crippen molar-refractivity contribution in [2.75, 3.05) is 0 Å². The van der Waals surface area contributed by atoms with Crippen LogP contribution in [0, 0.1) is 20.8 Å². The number of alkyl halides is 12. The van der Waals surface area contributed by atoms with E-state index in [0.29, 0.717) is 35.0 Å². The molecule has 2 aliphatic rings. The van der Waals surface area contributed by atoms with Crippen LogP contribution in [0.1, 0.15) is 73.4 Å². The quantitative estimate of drug-likeness (QED) is 0.101. The molecule has 6 rings (SSSR count). The zero-order valence-electron chi connectivity index (χ0n) is 35.1. The number of Topliss-reactive ketones (excluding diaryl/α,β-unsaturated/α-hetero) is 1. The summed E-state index contributed by atoms with van der Waals surface area (Å²) in [6, 6.07) is 20.7. The van der Waals surface area contributed by atoms with E-state index >= 15 is 0 Å². The van der Waals surface area contributed by atoms with Crippen LogP contribution in [0.5, 0.6) is 5.75 Å². The molecule has 0 heterocycles. The van der Waals surface area contributed by atoms with Gasteiger partial charge in [0.05, 0.1) is 0 Å². The number of allylic oxidation sites excluding steroid dienone is 1. The third kappa shape index (κ3) is 14.8. The van der Waals surface area contributed by atoms with Crippen molar-refractivity contribution in [2.24, 2.45) is 0 Å². The van der Waals surface area contributed by atoms with Crippen LogP contribution in [0.2, 0.25) is 0 Å². The summed E-state index contributed by atoms with van der Waals surface area (Å²) in [5.74, 6) is -0.263. The molecule has 4 aromatic rings. The van der Waals surface area contributed by atoms with E-state index in [0.717, 1.165) is 41.5 Å². The molecule has 0 atom stereocenters.